The third-order valence-corrected chi connectivity index (χ3v) is 6.88. The monoisotopic (exact) mass is 340 g/mol. The second kappa shape index (κ2) is 5.29. The van der Waals surface area contributed by atoms with Crippen LogP contribution in [0.3, 0.4) is 0 Å². The summed E-state index contributed by atoms with van der Waals surface area (Å²) in [5, 5.41) is 20.8. The topological polar surface area (TPSA) is 66.8 Å². The fourth-order valence-corrected chi connectivity index (χ4v) is 5.77. The molecule has 2 atom stereocenters. The molecule has 2 unspecified atom stereocenters. The summed E-state index contributed by atoms with van der Waals surface area (Å²) in [6, 6.07) is 11.5. The molecule has 1 aliphatic heterocycles. The van der Waals surface area contributed by atoms with Crippen molar-refractivity contribution in [2.24, 2.45) is 5.92 Å². The van der Waals surface area contributed by atoms with Gasteiger partial charge >= 0.3 is 7.37 Å². The standard InChI is InChI=1S/C19H17O4P/c1-12-6-8-15-14-4-2-3-5-17(14)23-24(22,18(15)10-12)19-11-13(20)7-9-16(19)21/h2-5,7-12,20-21H,6H2,1H3. The van der Waals surface area contributed by atoms with Crippen molar-refractivity contribution in [3.8, 4) is 17.2 Å². The van der Waals surface area contributed by atoms with E-state index >= 15 is 0 Å². The van der Waals surface area contributed by atoms with Gasteiger partial charge in [0.2, 0.25) is 0 Å². The fourth-order valence-electron chi connectivity index (χ4n) is 3.22. The molecule has 0 fully saturated rings. The molecule has 0 aromatic heterocycles. The number of aromatic hydroxyl groups is 2. The van der Waals surface area contributed by atoms with E-state index in [2.05, 4.69) is 6.08 Å². The predicted molar refractivity (Wildman–Crippen MR) is 93.9 cm³/mol. The van der Waals surface area contributed by atoms with Crippen LogP contribution in [0.5, 0.6) is 17.2 Å². The lowest BCUT2D eigenvalue weighted by Gasteiger charge is -2.33. The summed E-state index contributed by atoms with van der Waals surface area (Å²) in [5.74, 6) is 0.552. The summed E-state index contributed by atoms with van der Waals surface area (Å²) in [6.45, 7) is 2.05. The normalized spacial score (nSPS) is 25.0. The van der Waals surface area contributed by atoms with E-state index in [1.165, 1.54) is 18.2 Å². The Morgan fingerprint density at radius 2 is 1.96 bits per heavy atom. The third-order valence-electron chi connectivity index (χ3n) is 4.41. The highest BCUT2D eigenvalue weighted by Crippen LogP contribution is 2.65. The maximum absolute atomic E-state index is 13.9. The van der Waals surface area contributed by atoms with Crippen LogP contribution in [0.1, 0.15) is 18.9 Å². The number of para-hydroxylation sites is 1. The van der Waals surface area contributed by atoms with Crippen molar-refractivity contribution in [1.29, 1.82) is 0 Å². The van der Waals surface area contributed by atoms with Gasteiger partial charge in [0.25, 0.3) is 0 Å². The molecule has 0 radical (unpaired) electrons. The van der Waals surface area contributed by atoms with E-state index in [-0.39, 0.29) is 22.7 Å². The van der Waals surface area contributed by atoms with Gasteiger partial charge in [-0.25, -0.2) is 0 Å². The van der Waals surface area contributed by atoms with Crippen LogP contribution in [0.15, 0.2) is 59.9 Å². The lowest BCUT2D eigenvalue weighted by molar-refractivity contribution is 0.458. The molecule has 4 nitrogen and oxygen atoms in total. The number of fused-ring (bicyclic) bond motifs is 3. The third kappa shape index (κ3) is 2.18. The second-order valence-electron chi connectivity index (χ2n) is 6.19. The Kier molecular flexibility index (Phi) is 3.33. The summed E-state index contributed by atoms with van der Waals surface area (Å²) in [6.07, 6.45) is 4.89. The lowest BCUT2D eigenvalue weighted by atomic mass is 9.93. The second-order valence-corrected chi connectivity index (χ2v) is 8.44. The van der Waals surface area contributed by atoms with Gasteiger partial charge in [-0.3, -0.25) is 4.57 Å². The van der Waals surface area contributed by atoms with Crippen molar-refractivity contribution in [2.45, 2.75) is 13.3 Å². The van der Waals surface area contributed by atoms with Crippen molar-refractivity contribution in [2.75, 3.05) is 0 Å². The first-order valence-electron chi connectivity index (χ1n) is 7.83. The van der Waals surface area contributed by atoms with Gasteiger partial charge in [-0.05, 0) is 42.2 Å². The van der Waals surface area contributed by atoms with Crippen molar-refractivity contribution in [3.63, 3.8) is 0 Å². The average molecular weight is 340 g/mol. The average Bonchev–Trinajstić information content (AvgIpc) is 2.57. The van der Waals surface area contributed by atoms with Gasteiger partial charge in [0, 0.05) is 5.56 Å². The first-order valence-corrected chi connectivity index (χ1v) is 9.46. The van der Waals surface area contributed by atoms with Gasteiger partial charge in [-0.15, -0.1) is 0 Å². The van der Waals surface area contributed by atoms with Crippen LogP contribution in [0, 0.1) is 5.92 Å². The molecule has 2 N–H and O–H groups in total. The Hall–Kier alpha value is -2.45. The van der Waals surface area contributed by atoms with Crippen molar-refractivity contribution < 1.29 is 19.3 Å². The summed E-state index contributed by atoms with van der Waals surface area (Å²) in [5.41, 5.74) is 1.79. The number of phenolic OH excluding ortho intramolecular Hbond substituents is 2. The van der Waals surface area contributed by atoms with Gasteiger partial charge in [0.1, 0.15) is 17.2 Å². The van der Waals surface area contributed by atoms with E-state index in [0.717, 1.165) is 17.6 Å². The highest BCUT2D eigenvalue weighted by molar-refractivity contribution is 7.72. The van der Waals surface area contributed by atoms with E-state index in [4.69, 9.17) is 4.52 Å². The number of hydrogen-bond donors (Lipinski definition) is 2. The molecule has 122 valence electrons. The van der Waals surface area contributed by atoms with E-state index in [0.29, 0.717) is 11.1 Å². The van der Waals surface area contributed by atoms with Crippen LogP contribution < -0.4 is 9.83 Å². The van der Waals surface area contributed by atoms with Crippen LogP contribution >= 0.6 is 7.37 Å². The van der Waals surface area contributed by atoms with Gasteiger partial charge < -0.3 is 14.7 Å². The summed E-state index contributed by atoms with van der Waals surface area (Å²) < 4.78 is 19.8. The molecule has 24 heavy (non-hydrogen) atoms. The number of rotatable bonds is 1. The number of allylic oxidation sites excluding steroid dienone is 4. The molecule has 5 heteroatoms. The zero-order valence-electron chi connectivity index (χ0n) is 13.1. The Balaban J connectivity index is 2.00. The maximum Gasteiger partial charge on any atom is 0.310 e. The Bertz CT molecular complexity index is 942. The molecule has 0 bridgehead atoms. The van der Waals surface area contributed by atoms with E-state index < -0.39 is 7.37 Å². The molecule has 2 aromatic carbocycles. The quantitative estimate of drug-likeness (QED) is 0.596. The number of hydrogen-bond acceptors (Lipinski definition) is 4. The maximum atomic E-state index is 13.9. The number of phenols is 2. The van der Waals surface area contributed by atoms with E-state index in [9.17, 15) is 14.8 Å². The zero-order valence-corrected chi connectivity index (χ0v) is 14.0. The minimum absolute atomic E-state index is 0.0597. The van der Waals surface area contributed by atoms with Crippen LogP contribution in [0.2, 0.25) is 0 Å². The Morgan fingerprint density at radius 1 is 1.17 bits per heavy atom. The van der Waals surface area contributed by atoms with E-state index in [1.807, 2.05) is 31.2 Å². The summed E-state index contributed by atoms with van der Waals surface area (Å²) in [4.78, 5) is 0. The fraction of sp³-hybridized carbons (Fsp3) is 0.158. The van der Waals surface area contributed by atoms with E-state index in [1.54, 1.807) is 6.07 Å². The minimum Gasteiger partial charge on any atom is -0.508 e. The highest BCUT2D eigenvalue weighted by atomic mass is 31.2. The summed E-state index contributed by atoms with van der Waals surface area (Å²) in [7, 11) is -3.55. The molecular weight excluding hydrogens is 323 g/mol. The SMILES string of the molecule is CC1C=C2C(=CC1)c1ccccc1OP2(=O)c1cc(O)ccc1O. The largest absolute Gasteiger partial charge is 0.508 e. The van der Waals surface area contributed by atoms with Gasteiger partial charge in [-0.2, -0.15) is 0 Å². The lowest BCUT2D eigenvalue weighted by Crippen LogP contribution is -2.19. The molecule has 2 aromatic rings. The summed E-state index contributed by atoms with van der Waals surface area (Å²) >= 11 is 0. The molecule has 1 aliphatic carbocycles. The van der Waals surface area contributed by atoms with Crippen LogP contribution in [-0.2, 0) is 4.57 Å². The molecule has 0 saturated heterocycles. The Labute approximate surface area is 140 Å². The van der Waals surface area contributed by atoms with Gasteiger partial charge in [0.05, 0.1) is 10.6 Å². The van der Waals surface area contributed by atoms with Crippen molar-refractivity contribution >= 4 is 18.2 Å². The molecule has 0 saturated carbocycles. The number of benzene rings is 2. The molecule has 2 aliphatic rings. The molecule has 4 rings (SSSR count). The highest BCUT2D eigenvalue weighted by Gasteiger charge is 2.43. The molecular formula is C19H17O4P. The minimum atomic E-state index is -3.55. The van der Waals surface area contributed by atoms with Crippen molar-refractivity contribution in [3.05, 3.63) is 65.5 Å². The Morgan fingerprint density at radius 3 is 2.79 bits per heavy atom. The van der Waals surface area contributed by atoms with Gasteiger partial charge in [0.15, 0.2) is 0 Å². The predicted octanol–water partition coefficient (Wildman–Crippen LogP) is 4.40. The first kappa shape index (κ1) is 15.1. The van der Waals surface area contributed by atoms with Crippen LogP contribution in [0.25, 0.3) is 5.57 Å². The van der Waals surface area contributed by atoms with Crippen LogP contribution in [-0.4, -0.2) is 10.2 Å². The van der Waals surface area contributed by atoms with Gasteiger partial charge in [-0.1, -0.05) is 37.3 Å². The molecule has 1 heterocycles. The zero-order chi connectivity index (χ0) is 16.9. The first-order chi connectivity index (χ1) is 11.5. The molecule has 0 spiro atoms. The smallest absolute Gasteiger partial charge is 0.310 e. The molecule has 0 amide bonds. The van der Waals surface area contributed by atoms with Crippen molar-refractivity contribution in [1.82, 2.24) is 0 Å². The van der Waals surface area contributed by atoms with Crippen LogP contribution in [0.4, 0.5) is 0 Å².